The van der Waals surface area contributed by atoms with Crippen molar-refractivity contribution in [3.63, 3.8) is 0 Å². The lowest BCUT2D eigenvalue weighted by molar-refractivity contribution is -0.132. The summed E-state index contributed by atoms with van der Waals surface area (Å²) in [6.45, 7) is 4.13. The Kier molecular flexibility index (Phi) is 4.06. The number of ether oxygens (including phenoxy) is 1. The van der Waals surface area contributed by atoms with Crippen LogP contribution in [0.1, 0.15) is 25.0 Å². The molecule has 0 saturated carbocycles. The fourth-order valence-electron chi connectivity index (χ4n) is 3.35. The maximum Gasteiger partial charge on any atom is 0.330 e. The Hall–Kier alpha value is -1.69. The molecule has 1 aromatic heterocycles. The highest BCUT2D eigenvalue weighted by Crippen LogP contribution is 2.48. The van der Waals surface area contributed by atoms with Crippen molar-refractivity contribution in [2.24, 2.45) is 0 Å². The zero-order chi connectivity index (χ0) is 17.7. The van der Waals surface area contributed by atoms with Gasteiger partial charge in [-0.15, -0.1) is 0 Å². The van der Waals surface area contributed by atoms with E-state index in [4.69, 9.17) is 27.9 Å². The van der Waals surface area contributed by atoms with Gasteiger partial charge in [0.25, 0.3) is 0 Å². The van der Waals surface area contributed by atoms with E-state index in [0.717, 1.165) is 11.3 Å². The molecular formula is C17H18Cl2N3O2+. The number of rotatable bonds is 3. The van der Waals surface area contributed by atoms with Crippen LogP contribution in [0.25, 0.3) is 0 Å². The van der Waals surface area contributed by atoms with Crippen molar-refractivity contribution in [3.8, 4) is 5.75 Å². The van der Waals surface area contributed by atoms with Crippen molar-refractivity contribution in [3.05, 3.63) is 45.8 Å². The van der Waals surface area contributed by atoms with Gasteiger partial charge in [0.2, 0.25) is 11.1 Å². The summed E-state index contributed by atoms with van der Waals surface area (Å²) in [4.78, 5) is 21.5. The van der Waals surface area contributed by atoms with Gasteiger partial charge in [-0.05, 0) is 49.7 Å². The molecule has 0 fully saturated rings. The van der Waals surface area contributed by atoms with Crippen molar-refractivity contribution >= 4 is 34.9 Å². The molecule has 0 saturated heterocycles. The summed E-state index contributed by atoms with van der Waals surface area (Å²) >= 11 is 12.3. The SMILES string of the molecule is COc1ccc(C[N+]2(C)C(=O)C(C)(C)c3c(Cl)nc(Cl)nc32)cc1. The highest BCUT2D eigenvalue weighted by atomic mass is 35.5. The summed E-state index contributed by atoms with van der Waals surface area (Å²) in [6, 6.07) is 7.61. The average Bonchev–Trinajstić information content (AvgIpc) is 2.67. The van der Waals surface area contributed by atoms with E-state index in [-0.39, 0.29) is 20.8 Å². The molecule has 0 radical (unpaired) electrons. The normalized spacial score (nSPS) is 21.7. The molecule has 1 atom stereocenters. The topological polar surface area (TPSA) is 52.1 Å². The van der Waals surface area contributed by atoms with E-state index in [1.165, 1.54) is 0 Å². The Morgan fingerprint density at radius 3 is 2.38 bits per heavy atom. The van der Waals surface area contributed by atoms with Gasteiger partial charge in [-0.25, -0.2) is 14.3 Å². The number of fused-ring (bicyclic) bond motifs is 1. The molecule has 0 bridgehead atoms. The summed E-state index contributed by atoms with van der Waals surface area (Å²) in [7, 11) is 3.45. The van der Waals surface area contributed by atoms with Crippen LogP contribution in [-0.4, -0.2) is 30.0 Å². The van der Waals surface area contributed by atoms with Gasteiger partial charge >= 0.3 is 5.91 Å². The first-order valence-corrected chi connectivity index (χ1v) is 8.23. The minimum absolute atomic E-state index is 0.00335. The molecule has 0 spiro atoms. The molecule has 0 N–H and O–H groups in total. The Labute approximate surface area is 150 Å². The molecule has 7 heteroatoms. The largest absolute Gasteiger partial charge is 0.497 e. The van der Waals surface area contributed by atoms with Crippen LogP contribution in [-0.2, 0) is 16.8 Å². The van der Waals surface area contributed by atoms with Gasteiger partial charge in [-0.2, -0.15) is 4.98 Å². The van der Waals surface area contributed by atoms with Crippen LogP contribution in [0.2, 0.25) is 10.4 Å². The lowest BCUT2D eigenvalue weighted by atomic mass is 9.88. The lowest BCUT2D eigenvalue weighted by Gasteiger charge is -2.27. The first-order chi connectivity index (χ1) is 11.2. The molecule has 1 aromatic carbocycles. The Morgan fingerprint density at radius 2 is 1.79 bits per heavy atom. The highest BCUT2D eigenvalue weighted by Gasteiger charge is 2.58. The molecule has 2 aromatic rings. The Morgan fingerprint density at radius 1 is 1.17 bits per heavy atom. The van der Waals surface area contributed by atoms with Crippen LogP contribution in [0.15, 0.2) is 24.3 Å². The van der Waals surface area contributed by atoms with E-state index in [0.29, 0.717) is 17.9 Å². The van der Waals surface area contributed by atoms with E-state index in [1.54, 1.807) is 7.11 Å². The average molecular weight is 367 g/mol. The zero-order valence-electron chi connectivity index (χ0n) is 13.9. The number of benzene rings is 1. The van der Waals surface area contributed by atoms with Crippen molar-refractivity contribution in [2.75, 3.05) is 14.2 Å². The van der Waals surface area contributed by atoms with Gasteiger partial charge in [0.05, 0.1) is 19.7 Å². The number of aromatic nitrogens is 2. The molecule has 1 amide bonds. The first-order valence-electron chi connectivity index (χ1n) is 7.47. The van der Waals surface area contributed by atoms with Crippen molar-refractivity contribution in [1.29, 1.82) is 0 Å². The number of hydrogen-bond acceptors (Lipinski definition) is 4. The summed E-state index contributed by atoms with van der Waals surface area (Å²) in [5, 5.41) is 0.281. The fourth-order valence-corrected chi connectivity index (χ4v) is 3.96. The number of quaternary nitrogens is 1. The summed E-state index contributed by atoms with van der Waals surface area (Å²) in [5.41, 5.74) is 0.855. The molecule has 5 nitrogen and oxygen atoms in total. The minimum Gasteiger partial charge on any atom is -0.497 e. The third-order valence-corrected chi connectivity index (χ3v) is 4.99. The molecule has 2 heterocycles. The molecule has 0 aliphatic carbocycles. The van der Waals surface area contributed by atoms with Gasteiger partial charge in [0, 0.05) is 5.56 Å². The van der Waals surface area contributed by atoms with Gasteiger partial charge in [0.15, 0.2) is 0 Å². The number of hydrogen-bond donors (Lipinski definition) is 0. The van der Waals surface area contributed by atoms with Crippen molar-refractivity contribution in [2.45, 2.75) is 25.8 Å². The third kappa shape index (κ3) is 2.48. The smallest absolute Gasteiger partial charge is 0.330 e. The number of halogens is 2. The second-order valence-electron chi connectivity index (χ2n) is 6.61. The van der Waals surface area contributed by atoms with Crippen LogP contribution >= 0.6 is 23.2 Å². The van der Waals surface area contributed by atoms with Crippen LogP contribution in [0.3, 0.4) is 0 Å². The monoisotopic (exact) mass is 366 g/mol. The number of amides is 1. The zero-order valence-corrected chi connectivity index (χ0v) is 15.4. The Balaban J connectivity index is 2.11. The van der Waals surface area contributed by atoms with Gasteiger partial charge in [-0.3, -0.25) is 0 Å². The molecule has 1 aliphatic heterocycles. The molecular weight excluding hydrogens is 349 g/mol. The number of nitrogens with zero attached hydrogens (tertiary/aromatic N) is 3. The van der Waals surface area contributed by atoms with Crippen LogP contribution in [0.4, 0.5) is 5.82 Å². The second-order valence-corrected chi connectivity index (χ2v) is 7.31. The molecule has 1 unspecified atom stereocenters. The van der Waals surface area contributed by atoms with Gasteiger partial charge < -0.3 is 4.74 Å². The van der Waals surface area contributed by atoms with Crippen molar-refractivity contribution < 1.29 is 9.53 Å². The van der Waals surface area contributed by atoms with E-state index < -0.39 is 5.41 Å². The predicted octanol–water partition coefficient (Wildman–Crippen LogP) is 3.75. The Bertz CT molecular complexity index is 821. The lowest BCUT2D eigenvalue weighted by Crippen LogP contribution is -2.51. The molecule has 24 heavy (non-hydrogen) atoms. The minimum atomic E-state index is -0.780. The number of likely N-dealkylation sites (N-methyl/N-ethyl adjacent to an activating group) is 1. The highest BCUT2D eigenvalue weighted by molar-refractivity contribution is 6.33. The number of carbonyl (C=O) groups is 1. The maximum absolute atomic E-state index is 13.2. The predicted molar refractivity (Wildman–Crippen MR) is 94.5 cm³/mol. The van der Waals surface area contributed by atoms with Crippen molar-refractivity contribution in [1.82, 2.24) is 14.5 Å². The summed E-state index contributed by atoms with van der Waals surface area (Å²) in [6.07, 6.45) is 0. The number of carbonyl (C=O) groups excluding carboxylic acids is 1. The van der Waals surface area contributed by atoms with Gasteiger partial charge in [0.1, 0.15) is 22.9 Å². The quantitative estimate of drug-likeness (QED) is 0.471. The fraction of sp³-hybridized carbons (Fsp3) is 0.353. The van der Waals surface area contributed by atoms with E-state index >= 15 is 0 Å². The van der Waals surface area contributed by atoms with Crippen LogP contribution in [0, 0.1) is 0 Å². The summed E-state index contributed by atoms with van der Waals surface area (Å²) in [5.74, 6) is 1.33. The molecule has 126 valence electrons. The molecule has 3 rings (SSSR count). The van der Waals surface area contributed by atoms with Gasteiger partial charge in [-0.1, -0.05) is 11.6 Å². The maximum atomic E-state index is 13.2. The third-order valence-electron chi connectivity index (χ3n) is 4.55. The van der Waals surface area contributed by atoms with Crippen LogP contribution in [0.5, 0.6) is 5.75 Å². The van der Waals surface area contributed by atoms with E-state index in [9.17, 15) is 4.79 Å². The second kappa shape index (κ2) is 5.69. The summed E-state index contributed by atoms with van der Waals surface area (Å²) < 4.78 is 5.18. The number of methoxy groups -OCH3 is 1. The molecule has 1 aliphatic rings. The standard InChI is InChI=1S/C17H18Cl2N3O2/c1-17(2)12-13(18)20-16(19)21-14(12)22(3,15(17)23)9-10-5-7-11(24-4)8-6-10/h5-8H,9H2,1-4H3/q+1. The van der Waals surface area contributed by atoms with Crippen LogP contribution < -0.4 is 9.22 Å². The van der Waals surface area contributed by atoms with E-state index in [2.05, 4.69) is 9.97 Å². The van der Waals surface area contributed by atoms with E-state index in [1.807, 2.05) is 45.2 Å². The first kappa shape index (κ1) is 17.1.